The van der Waals surface area contributed by atoms with Crippen LogP contribution in [0.1, 0.15) is 59.3 Å². The van der Waals surface area contributed by atoms with Crippen molar-refractivity contribution in [3.63, 3.8) is 0 Å². The van der Waals surface area contributed by atoms with E-state index >= 15 is 0 Å². The van der Waals surface area contributed by atoms with Crippen LogP contribution in [-0.4, -0.2) is 10.9 Å². The molecular formula is C19H28N2S. The minimum atomic E-state index is 0.560. The minimum absolute atomic E-state index is 0.560. The second-order valence-electron chi connectivity index (χ2n) is 5.22. The lowest BCUT2D eigenvalue weighted by atomic mass is 10.1. The fourth-order valence-corrected chi connectivity index (χ4v) is 1.91. The van der Waals surface area contributed by atoms with Gasteiger partial charge in [-0.05, 0) is 50.1 Å². The largest absolute Gasteiger partial charge is 0.261 e. The number of unbranched alkanes of at least 4 members (excludes halogenated alkanes) is 3. The average Bonchev–Trinajstić information content (AvgIpc) is 2.51. The van der Waals surface area contributed by atoms with Crippen molar-refractivity contribution in [3.05, 3.63) is 48.4 Å². The first-order valence-electron chi connectivity index (χ1n) is 7.91. The molecule has 0 saturated carbocycles. The van der Waals surface area contributed by atoms with Gasteiger partial charge in [0.1, 0.15) is 0 Å². The molecular weight excluding hydrogens is 288 g/mol. The molecule has 0 aromatic rings. The van der Waals surface area contributed by atoms with Gasteiger partial charge in [0.2, 0.25) is 0 Å². The molecule has 0 unspecified atom stereocenters. The van der Waals surface area contributed by atoms with Gasteiger partial charge >= 0.3 is 0 Å². The van der Waals surface area contributed by atoms with E-state index in [1.165, 1.54) is 31.3 Å². The predicted octanol–water partition coefficient (Wildman–Crippen LogP) is 6.44. The van der Waals surface area contributed by atoms with Gasteiger partial charge in [-0.25, -0.2) is 0 Å². The van der Waals surface area contributed by atoms with E-state index in [4.69, 9.17) is 0 Å². The van der Waals surface area contributed by atoms with Gasteiger partial charge in [-0.1, -0.05) is 57.9 Å². The van der Waals surface area contributed by atoms with E-state index < -0.39 is 0 Å². The topological polar surface area (TPSA) is 24.7 Å². The van der Waals surface area contributed by atoms with Gasteiger partial charge in [-0.15, -0.1) is 0 Å². The maximum Gasteiger partial charge on any atom is 0.0668 e. The molecule has 0 aromatic carbocycles. The van der Waals surface area contributed by atoms with Crippen LogP contribution in [0.5, 0.6) is 0 Å². The quantitative estimate of drug-likeness (QED) is 0.186. The highest BCUT2D eigenvalue weighted by Crippen LogP contribution is 2.14. The molecule has 3 heteroatoms. The third-order valence-corrected chi connectivity index (χ3v) is 3.47. The monoisotopic (exact) mass is 316 g/mol. The summed E-state index contributed by atoms with van der Waals surface area (Å²) in [6.45, 7) is 14.1. The molecule has 0 saturated heterocycles. The third-order valence-electron chi connectivity index (χ3n) is 3.38. The molecule has 0 aliphatic heterocycles. The van der Waals surface area contributed by atoms with Crippen LogP contribution in [0.4, 0.5) is 0 Å². The maximum atomic E-state index is 4.53. The fraction of sp³-hybridized carbons (Fsp3) is 0.474. The third kappa shape index (κ3) is 10.2. The number of isothiocyanates is 1. The van der Waals surface area contributed by atoms with Crippen LogP contribution in [0.3, 0.4) is 0 Å². The summed E-state index contributed by atoms with van der Waals surface area (Å²) in [7, 11) is 0. The van der Waals surface area contributed by atoms with E-state index in [0.717, 1.165) is 24.1 Å². The summed E-state index contributed by atoms with van der Waals surface area (Å²) in [6.07, 6.45) is 12.9. The van der Waals surface area contributed by atoms with Crippen molar-refractivity contribution < 1.29 is 0 Å². The number of hydrogen-bond donors (Lipinski definition) is 0. The van der Waals surface area contributed by atoms with E-state index in [1.807, 2.05) is 19.2 Å². The van der Waals surface area contributed by atoms with E-state index in [-0.39, 0.29) is 0 Å². The zero-order chi connectivity index (χ0) is 16.8. The molecule has 0 atom stereocenters. The number of nitrogens with zero attached hydrogens (tertiary/aromatic N) is 2. The predicted molar refractivity (Wildman–Crippen MR) is 103 cm³/mol. The molecule has 22 heavy (non-hydrogen) atoms. The van der Waals surface area contributed by atoms with E-state index in [0.29, 0.717) is 5.70 Å². The molecule has 0 radical (unpaired) electrons. The Bertz CT molecular complexity index is 504. The fourth-order valence-electron chi connectivity index (χ4n) is 1.80. The van der Waals surface area contributed by atoms with Gasteiger partial charge in [0.05, 0.1) is 10.9 Å². The van der Waals surface area contributed by atoms with Crippen molar-refractivity contribution >= 4 is 23.1 Å². The zero-order valence-electron chi connectivity index (χ0n) is 14.2. The van der Waals surface area contributed by atoms with Crippen LogP contribution in [0.25, 0.3) is 0 Å². The maximum absolute atomic E-state index is 4.53. The molecule has 0 aliphatic rings. The minimum Gasteiger partial charge on any atom is -0.261 e. The Labute approximate surface area is 141 Å². The van der Waals surface area contributed by atoms with Crippen molar-refractivity contribution in [2.24, 2.45) is 9.98 Å². The van der Waals surface area contributed by atoms with Crippen molar-refractivity contribution in [2.45, 2.75) is 59.3 Å². The number of allylic oxidation sites excluding steroid dienone is 4. The summed E-state index contributed by atoms with van der Waals surface area (Å²) in [5.74, 6) is 0. The Hall–Kier alpha value is -1.57. The first-order chi connectivity index (χ1) is 10.5. The molecule has 0 heterocycles. The van der Waals surface area contributed by atoms with Crippen molar-refractivity contribution in [1.29, 1.82) is 0 Å². The van der Waals surface area contributed by atoms with Gasteiger partial charge < -0.3 is 0 Å². The van der Waals surface area contributed by atoms with Gasteiger partial charge in [0.15, 0.2) is 0 Å². The molecule has 0 amide bonds. The standard InChI is InChI=1S/C19H28N2S/c1-6-8-9-10-11-19(7-2)14-20-18(5)16(3)12-13-17(4)21-15-22/h12-14H,3-4,6-11H2,1-2,5H3/b13-12-,19-14+,20-18?. The van der Waals surface area contributed by atoms with Crippen molar-refractivity contribution in [1.82, 2.24) is 0 Å². The van der Waals surface area contributed by atoms with Gasteiger partial charge in [-0.3, -0.25) is 4.99 Å². The number of rotatable bonds is 11. The van der Waals surface area contributed by atoms with Crippen LogP contribution in [-0.2, 0) is 0 Å². The van der Waals surface area contributed by atoms with E-state index in [1.54, 1.807) is 6.08 Å². The highest BCUT2D eigenvalue weighted by Gasteiger charge is 1.97. The Balaban J connectivity index is 4.59. The number of thiocarbonyl (C=S) groups is 1. The summed E-state index contributed by atoms with van der Waals surface area (Å²) in [4.78, 5) is 8.31. The van der Waals surface area contributed by atoms with Crippen LogP contribution in [0.2, 0.25) is 0 Å². The molecule has 0 bridgehead atoms. The Kier molecular flexibility index (Phi) is 12.2. The van der Waals surface area contributed by atoms with Crippen LogP contribution < -0.4 is 0 Å². The summed E-state index contributed by atoms with van der Waals surface area (Å²) in [6, 6.07) is 0. The molecule has 0 spiro atoms. The molecule has 120 valence electrons. The van der Waals surface area contributed by atoms with Crippen LogP contribution >= 0.6 is 12.2 Å². The summed E-state index contributed by atoms with van der Waals surface area (Å²) < 4.78 is 0. The first kappa shape index (κ1) is 20.4. The molecule has 0 rings (SSSR count). The highest BCUT2D eigenvalue weighted by molar-refractivity contribution is 7.78. The van der Waals surface area contributed by atoms with Crippen molar-refractivity contribution in [2.75, 3.05) is 0 Å². The lowest BCUT2D eigenvalue weighted by molar-refractivity contribution is 0.657. The van der Waals surface area contributed by atoms with Gasteiger partial charge in [0.25, 0.3) is 0 Å². The number of hydrogen-bond acceptors (Lipinski definition) is 3. The summed E-state index contributed by atoms with van der Waals surface area (Å²) in [5.41, 5.74) is 3.69. The van der Waals surface area contributed by atoms with E-state index in [2.05, 4.69) is 54.4 Å². The lowest BCUT2D eigenvalue weighted by Crippen LogP contribution is -1.92. The Morgan fingerprint density at radius 3 is 2.45 bits per heavy atom. The zero-order valence-corrected chi connectivity index (χ0v) is 15.0. The first-order valence-corrected chi connectivity index (χ1v) is 8.32. The summed E-state index contributed by atoms with van der Waals surface area (Å²) in [5, 5.41) is 2.28. The van der Waals surface area contributed by atoms with Crippen molar-refractivity contribution in [3.8, 4) is 0 Å². The van der Waals surface area contributed by atoms with Crippen LogP contribution in [0, 0.1) is 0 Å². The molecule has 0 aliphatic carbocycles. The molecule has 0 fully saturated rings. The molecule has 0 N–H and O–H groups in total. The highest BCUT2D eigenvalue weighted by atomic mass is 32.1. The molecule has 2 nitrogen and oxygen atoms in total. The SMILES string of the molecule is C=C(/C=C\C(=C)C(C)=N/C=C(\CC)CCCCCC)N=C=S. The normalized spacial score (nSPS) is 12.3. The average molecular weight is 317 g/mol. The second-order valence-corrected chi connectivity index (χ2v) is 5.40. The van der Waals surface area contributed by atoms with Gasteiger partial charge in [-0.2, -0.15) is 4.99 Å². The second kappa shape index (κ2) is 13.1. The van der Waals surface area contributed by atoms with Gasteiger partial charge in [0, 0.05) is 11.9 Å². The lowest BCUT2D eigenvalue weighted by Gasteiger charge is -2.04. The van der Waals surface area contributed by atoms with E-state index in [9.17, 15) is 0 Å². The molecule has 0 aromatic heterocycles. The Morgan fingerprint density at radius 1 is 1.14 bits per heavy atom. The smallest absolute Gasteiger partial charge is 0.0668 e. The number of aliphatic imine (C=N–C) groups is 2. The summed E-state index contributed by atoms with van der Waals surface area (Å²) >= 11 is 4.53. The Morgan fingerprint density at radius 2 is 1.86 bits per heavy atom. The van der Waals surface area contributed by atoms with Crippen LogP contribution in [0.15, 0.2) is 58.3 Å².